The van der Waals surface area contributed by atoms with Crippen molar-refractivity contribution in [2.45, 2.75) is 32.4 Å². The molecule has 3 aromatic carbocycles. The monoisotopic (exact) mass is 404 g/mol. The van der Waals surface area contributed by atoms with Crippen molar-refractivity contribution in [3.05, 3.63) is 77.9 Å². The molecule has 0 saturated carbocycles. The molecule has 2 atom stereocenters. The minimum Gasteiger partial charge on any atom is -0.352 e. The summed E-state index contributed by atoms with van der Waals surface area (Å²) in [5.41, 5.74) is 2.52. The molecule has 0 bridgehead atoms. The van der Waals surface area contributed by atoms with E-state index in [0.717, 1.165) is 36.8 Å². The number of nitrogens with zero attached hydrogens (tertiary/aromatic N) is 1. The van der Waals surface area contributed by atoms with Gasteiger partial charge < -0.3 is 5.32 Å². The maximum absolute atomic E-state index is 12.6. The number of carbonyl (C=O) groups is 1. The van der Waals surface area contributed by atoms with E-state index in [2.05, 4.69) is 81.0 Å². The minimum atomic E-state index is 0.116. The lowest BCUT2D eigenvalue weighted by Gasteiger charge is -2.36. The molecule has 0 radical (unpaired) electrons. The molecule has 1 heterocycles. The highest BCUT2D eigenvalue weighted by Crippen LogP contribution is 2.31. The Hall–Kier alpha value is -2.22. The van der Waals surface area contributed by atoms with Gasteiger partial charge in [-0.2, -0.15) is 0 Å². The van der Waals surface area contributed by atoms with Gasteiger partial charge in [0.05, 0.1) is 0 Å². The van der Waals surface area contributed by atoms with Crippen LogP contribution in [0.3, 0.4) is 0 Å². The number of nitrogens with one attached hydrogen (secondary N) is 1. The maximum atomic E-state index is 12.6. The number of likely N-dealkylation sites (tertiary alicyclic amines) is 1. The van der Waals surface area contributed by atoms with Gasteiger partial charge in [-0.05, 0) is 60.1 Å². The molecule has 4 rings (SSSR count). The van der Waals surface area contributed by atoms with Gasteiger partial charge in [-0.1, -0.05) is 66.7 Å². The molecule has 1 unspecified atom stereocenters. The molecule has 1 amide bonds. The summed E-state index contributed by atoms with van der Waals surface area (Å²) in [6.45, 7) is 4.82. The van der Waals surface area contributed by atoms with Crippen molar-refractivity contribution in [2.24, 2.45) is 5.92 Å². The van der Waals surface area contributed by atoms with Gasteiger partial charge in [0.2, 0.25) is 5.91 Å². The van der Waals surface area contributed by atoms with E-state index in [1.54, 1.807) is 0 Å². The van der Waals surface area contributed by atoms with Gasteiger partial charge in [0.15, 0.2) is 0 Å². The molecular formula is C25H29N2OP. The van der Waals surface area contributed by atoms with Gasteiger partial charge in [0, 0.05) is 18.5 Å². The van der Waals surface area contributed by atoms with Crippen LogP contribution in [0.2, 0.25) is 0 Å². The largest absolute Gasteiger partial charge is 0.352 e. The molecule has 0 aliphatic carbocycles. The Labute approximate surface area is 175 Å². The van der Waals surface area contributed by atoms with Crippen molar-refractivity contribution in [2.75, 3.05) is 13.1 Å². The number of piperidine rings is 1. The first kappa shape index (κ1) is 20.1. The minimum absolute atomic E-state index is 0.116. The third-order valence-electron chi connectivity index (χ3n) is 6.14. The first-order valence-corrected chi connectivity index (χ1v) is 11.0. The van der Waals surface area contributed by atoms with Crippen molar-refractivity contribution >= 4 is 31.2 Å². The lowest BCUT2D eigenvalue weighted by atomic mass is 9.92. The molecule has 1 aliphatic rings. The SMILES string of the molecule is C[C@H](c1cccc2ccccc12)N1CCC(C(=O)NCc2cccc(P)c2)CC1. The zero-order valence-corrected chi connectivity index (χ0v) is 18.1. The number of carbonyl (C=O) groups excluding carboxylic acids is 1. The second-order valence-electron chi connectivity index (χ2n) is 8.02. The summed E-state index contributed by atoms with van der Waals surface area (Å²) in [7, 11) is 2.70. The summed E-state index contributed by atoms with van der Waals surface area (Å²) >= 11 is 0. The van der Waals surface area contributed by atoms with E-state index in [1.807, 2.05) is 12.1 Å². The summed E-state index contributed by atoms with van der Waals surface area (Å²) in [6, 6.07) is 23.7. The predicted molar refractivity (Wildman–Crippen MR) is 124 cm³/mol. The van der Waals surface area contributed by atoms with Gasteiger partial charge in [0.25, 0.3) is 0 Å². The predicted octanol–water partition coefficient (Wildman–Crippen LogP) is 4.43. The Morgan fingerprint density at radius 3 is 2.59 bits per heavy atom. The van der Waals surface area contributed by atoms with Crippen molar-refractivity contribution in [3.63, 3.8) is 0 Å². The molecule has 1 aliphatic heterocycles. The number of rotatable bonds is 5. The van der Waals surface area contributed by atoms with Crippen molar-refractivity contribution < 1.29 is 4.79 Å². The fourth-order valence-electron chi connectivity index (χ4n) is 4.40. The van der Waals surface area contributed by atoms with Crippen molar-refractivity contribution in [1.82, 2.24) is 10.2 Å². The third kappa shape index (κ3) is 4.69. The summed E-state index contributed by atoms with van der Waals surface area (Å²) < 4.78 is 0. The van der Waals surface area contributed by atoms with E-state index < -0.39 is 0 Å². The fraction of sp³-hybridized carbons (Fsp3) is 0.320. The smallest absolute Gasteiger partial charge is 0.223 e. The quantitative estimate of drug-likeness (QED) is 0.638. The summed E-state index contributed by atoms with van der Waals surface area (Å²) in [4.78, 5) is 15.2. The second-order valence-corrected chi connectivity index (χ2v) is 8.68. The highest BCUT2D eigenvalue weighted by molar-refractivity contribution is 7.27. The Morgan fingerprint density at radius 2 is 1.79 bits per heavy atom. The van der Waals surface area contributed by atoms with Crippen LogP contribution in [0.4, 0.5) is 0 Å². The third-order valence-corrected chi connectivity index (χ3v) is 6.50. The van der Waals surface area contributed by atoms with Crippen LogP contribution < -0.4 is 10.6 Å². The van der Waals surface area contributed by atoms with Crippen LogP contribution in [0.1, 0.15) is 36.9 Å². The molecule has 3 nitrogen and oxygen atoms in total. The van der Waals surface area contributed by atoms with E-state index in [-0.39, 0.29) is 11.8 Å². The van der Waals surface area contributed by atoms with Crippen molar-refractivity contribution in [1.29, 1.82) is 0 Å². The van der Waals surface area contributed by atoms with E-state index in [4.69, 9.17) is 0 Å². The molecule has 1 saturated heterocycles. The maximum Gasteiger partial charge on any atom is 0.223 e. The average molecular weight is 404 g/mol. The molecule has 0 aromatic heterocycles. The molecule has 1 N–H and O–H groups in total. The number of amides is 1. The summed E-state index contributed by atoms with van der Waals surface area (Å²) in [6.07, 6.45) is 1.84. The molecule has 1 fully saturated rings. The highest BCUT2D eigenvalue weighted by atomic mass is 31.0. The zero-order valence-electron chi connectivity index (χ0n) is 17.0. The number of fused-ring (bicyclic) bond motifs is 1. The van der Waals surface area contributed by atoms with Gasteiger partial charge >= 0.3 is 0 Å². The Kier molecular flexibility index (Phi) is 6.28. The first-order valence-electron chi connectivity index (χ1n) is 10.5. The van der Waals surface area contributed by atoms with Crippen LogP contribution in [-0.4, -0.2) is 23.9 Å². The number of hydrogen-bond acceptors (Lipinski definition) is 2. The second kappa shape index (κ2) is 9.07. The molecule has 29 heavy (non-hydrogen) atoms. The number of hydrogen-bond donors (Lipinski definition) is 1. The summed E-state index contributed by atoms with van der Waals surface area (Å²) in [5, 5.41) is 6.90. The molecule has 4 heteroatoms. The topological polar surface area (TPSA) is 32.3 Å². The van der Waals surface area contributed by atoms with Crippen LogP contribution in [0.25, 0.3) is 10.8 Å². The van der Waals surface area contributed by atoms with Crippen LogP contribution >= 0.6 is 9.24 Å². The molecule has 150 valence electrons. The molecule has 0 spiro atoms. The molecule has 3 aromatic rings. The van der Waals surface area contributed by atoms with E-state index >= 15 is 0 Å². The van der Waals surface area contributed by atoms with Crippen LogP contribution in [0.5, 0.6) is 0 Å². The highest BCUT2D eigenvalue weighted by Gasteiger charge is 2.28. The Bertz CT molecular complexity index is 990. The zero-order chi connectivity index (χ0) is 20.2. The van der Waals surface area contributed by atoms with E-state index in [1.165, 1.54) is 16.3 Å². The van der Waals surface area contributed by atoms with Gasteiger partial charge in [0.1, 0.15) is 0 Å². The first-order chi connectivity index (χ1) is 14.1. The van der Waals surface area contributed by atoms with Crippen molar-refractivity contribution in [3.8, 4) is 0 Å². The van der Waals surface area contributed by atoms with E-state index in [0.29, 0.717) is 12.6 Å². The number of benzene rings is 3. The van der Waals surface area contributed by atoms with Crippen LogP contribution in [0.15, 0.2) is 66.7 Å². The fourth-order valence-corrected chi connectivity index (χ4v) is 4.72. The van der Waals surface area contributed by atoms with Gasteiger partial charge in [-0.25, -0.2) is 0 Å². The van der Waals surface area contributed by atoms with Gasteiger partial charge in [-0.15, -0.1) is 9.24 Å². The average Bonchev–Trinajstić information content (AvgIpc) is 2.77. The lowest BCUT2D eigenvalue weighted by Crippen LogP contribution is -2.41. The van der Waals surface area contributed by atoms with E-state index in [9.17, 15) is 4.79 Å². The Balaban J connectivity index is 1.34. The van der Waals surface area contributed by atoms with Gasteiger partial charge in [-0.3, -0.25) is 9.69 Å². The lowest BCUT2D eigenvalue weighted by molar-refractivity contribution is -0.126. The summed E-state index contributed by atoms with van der Waals surface area (Å²) in [5.74, 6) is 0.307. The van der Waals surface area contributed by atoms with Crippen LogP contribution in [0, 0.1) is 5.92 Å². The standard InChI is InChI=1S/C25H29N2OP/c1-18(23-11-5-8-20-7-2-3-10-24(20)23)27-14-12-21(13-15-27)25(28)26-17-19-6-4-9-22(29)16-19/h2-11,16,18,21H,12-15,17,29H2,1H3,(H,26,28)/t18-/m1/s1. The normalized spacial score (nSPS) is 16.6. The molecular weight excluding hydrogens is 375 g/mol. The van der Waals surface area contributed by atoms with Crippen LogP contribution in [-0.2, 0) is 11.3 Å². The Morgan fingerprint density at radius 1 is 1.07 bits per heavy atom.